The number of hydrogen-bond donors (Lipinski definition) is 3. The first-order valence-electron chi connectivity index (χ1n) is 4.64. The highest BCUT2D eigenvalue weighted by atomic mass is 32.2. The zero-order chi connectivity index (χ0) is 13.9. The van der Waals surface area contributed by atoms with Crippen molar-refractivity contribution in [1.82, 2.24) is 10.2 Å². The molecule has 100 valence electrons. The molecule has 2 N–H and O–H groups in total. The fourth-order valence-corrected chi connectivity index (χ4v) is 3.32. The molecule has 1 aliphatic heterocycles. The lowest BCUT2D eigenvalue weighted by Crippen LogP contribution is -2.49. The van der Waals surface area contributed by atoms with Crippen LogP contribution in [0.5, 0.6) is 0 Å². The molecule has 0 aromatic rings. The van der Waals surface area contributed by atoms with Crippen molar-refractivity contribution < 1.29 is 22.6 Å². The minimum Gasteiger partial charge on any atom is -0.319 e. The molecular weight excluding hydrogens is 319 g/mol. The van der Waals surface area contributed by atoms with Crippen molar-refractivity contribution in [2.75, 3.05) is 5.75 Å². The molecule has 1 rings (SSSR count). The molecule has 12 heteroatoms. The third-order valence-electron chi connectivity index (χ3n) is 1.99. The molecule has 1 heterocycles. The fraction of sp³-hybridized carbons (Fsp3) is 0.500. The second-order valence-electron chi connectivity index (χ2n) is 3.25. The smallest absolute Gasteiger partial charge is 0.319 e. The lowest BCUT2D eigenvalue weighted by atomic mass is 10.0. The summed E-state index contributed by atoms with van der Waals surface area (Å²) in [6.07, 6.45) is -0.0877. The predicted octanol–water partition coefficient (Wildman–Crippen LogP) is -0.530. The standard InChI is InChI=1S/C6H9BN2O5S4/c10-4-2-17-6(15)9(4)5(11)8-3(1-7-16)18(12,13)14/h3,7,16H,1-2H2,(H,8,11)(H,12,13,14). The molecule has 0 radical (unpaired) electrons. The van der Waals surface area contributed by atoms with Gasteiger partial charge in [-0.05, 0) is 6.32 Å². The molecule has 1 saturated heterocycles. The molecule has 0 aliphatic carbocycles. The molecule has 0 saturated carbocycles. The minimum absolute atomic E-state index is 0.0371. The summed E-state index contributed by atoms with van der Waals surface area (Å²) >= 11 is 9.62. The van der Waals surface area contributed by atoms with E-state index >= 15 is 0 Å². The molecule has 1 unspecified atom stereocenters. The van der Waals surface area contributed by atoms with Gasteiger partial charge in [0.1, 0.15) is 0 Å². The first-order chi connectivity index (χ1) is 8.27. The summed E-state index contributed by atoms with van der Waals surface area (Å²) in [5.41, 5.74) is 0. The SMILES string of the molecule is O=C1CSC(=S)N1C(=O)NC(CBS)S(=O)(=O)O. The molecule has 0 aromatic heterocycles. The maximum absolute atomic E-state index is 11.7. The van der Waals surface area contributed by atoms with Crippen molar-refractivity contribution in [1.29, 1.82) is 0 Å². The summed E-state index contributed by atoms with van der Waals surface area (Å²) in [6.45, 7) is 0.137. The molecule has 1 atom stereocenters. The van der Waals surface area contributed by atoms with Crippen LogP contribution in [-0.4, -0.2) is 51.8 Å². The maximum Gasteiger partial charge on any atom is 0.330 e. The number of hydrogen-bond acceptors (Lipinski definition) is 7. The Morgan fingerprint density at radius 1 is 1.72 bits per heavy atom. The van der Waals surface area contributed by atoms with E-state index in [-0.39, 0.29) is 23.0 Å². The highest BCUT2D eigenvalue weighted by molar-refractivity contribution is 8.24. The van der Waals surface area contributed by atoms with E-state index in [1.807, 2.05) is 5.32 Å². The summed E-state index contributed by atoms with van der Waals surface area (Å²) in [4.78, 5) is 23.7. The number of carbonyl (C=O) groups excluding carboxylic acids is 2. The third-order valence-corrected chi connectivity index (χ3v) is 4.68. The number of carbonyl (C=O) groups is 2. The van der Waals surface area contributed by atoms with Gasteiger partial charge in [-0.25, -0.2) is 22.2 Å². The van der Waals surface area contributed by atoms with Gasteiger partial charge in [-0.3, -0.25) is 9.35 Å². The zero-order valence-electron chi connectivity index (χ0n) is 8.90. The molecule has 3 amide bonds. The number of thiocarbonyl (C=S) groups is 1. The van der Waals surface area contributed by atoms with E-state index in [0.29, 0.717) is 4.90 Å². The van der Waals surface area contributed by atoms with E-state index in [0.717, 1.165) is 11.8 Å². The molecule has 0 aromatic carbocycles. The van der Waals surface area contributed by atoms with Gasteiger partial charge in [0, 0.05) is 0 Å². The Labute approximate surface area is 119 Å². The first kappa shape index (κ1) is 15.8. The van der Waals surface area contributed by atoms with Crippen molar-refractivity contribution in [2.45, 2.75) is 11.7 Å². The van der Waals surface area contributed by atoms with E-state index in [9.17, 15) is 18.0 Å². The van der Waals surface area contributed by atoms with Crippen LogP contribution in [0, 0.1) is 0 Å². The quantitative estimate of drug-likeness (QED) is 0.276. The molecule has 7 nitrogen and oxygen atoms in total. The third kappa shape index (κ3) is 3.85. The van der Waals surface area contributed by atoms with Gasteiger partial charge >= 0.3 is 6.03 Å². The van der Waals surface area contributed by atoms with E-state index in [1.165, 1.54) is 0 Å². The molecule has 0 spiro atoms. The normalized spacial score (nSPS) is 17.8. The van der Waals surface area contributed by atoms with Crippen LogP contribution >= 0.6 is 36.5 Å². The maximum atomic E-state index is 11.7. The van der Waals surface area contributed by atoms with Crippen molar-refractivity contribution in [3.05, 3.63) is 0 Å². The highest BCUT2D eigenvalue weighted by Gasteiger charge is 2.35. The van der Waals surface area contributed by atoms with Gasteiger partial charge in [-0.2, -0.15) is 8.42 Å². The Morgan fingerprint density at radius 3 is 2.72 bits per heavy atom. The van der Waals surface area contributed by atoms with Gasteiger partial charge in [0.25, 0.3) is 10.1 Å². The second kappa shape index (κ2) is 6.24. The van der Waals surface area contributed by atoms with Crippen LogP contribution < -0.4 is 5.32 Å². The average Bonchev–Trinajstić information content (AvgIpc) is 2.56. The van der Waals surface area contributed by atoms with Gasteiger partial charge in [-0.1, -0.05) is 24.0 Å². The van der Waals surface area contributed by atoms with Gasteiger partial charge in [0.2, 0.25) is 5.91 Å². The van der Waals surface area contributed by atoms with Crippen LogP contribution in [0.1, 0.15) is 0 Å². The Bertz CT molecular complexity index is 464. The highest BCUT2D eigenvalue weighted by Crippen LogP contribution is 2.19. The Balaban J connectivity index is 2.79. The van der Waals surface area contributed by atoms with E-state index in [2.05, 4.69) is 12.5 Å². The monoisotopic (exact) mass is 328 g/mol. The number of urea groups is 1. The van der Waals surface area contributed by atoms with Crippen LogP contribution in [0.15, 0.2) is 0 Å². The van der Waals surface area contributed by atoms with Crippen LogP contribution in [0.25, 0.3) is 0 Å². The fourth-order valence-electron chi connectivity index (χ4n) is 1.17. The minimum atomic E-state index is -4.46. The van der Waals surface area contributed by atoms with E-state index in [1.54, 1.807) is 0 Å². The van der Waals surface area contributed by atoms with Crippen molar-refractivity contribution in [3.63, 3.8) is 0 Å². The Morgan fingerprint density at radius 2 is 2.33 bits per heavy atom. The predicted molar refractivity (Wildman–Crippen MR) is 76.7 cm³/mol. The lowest BCUT2D eigenvalue weighted by Gasteiger charge is -2.19. The summed E-state index contributed by atoms with van der Waals surface area (Å²) in [7, 11) is -4.46. The summed E-state index contributed by atoms with van der Waals surface area (Å²) in [6, 6.07) is -0.959. The molecule has 18 heavy (non-hydrogen) atoms. The molecule has 1 aliphatic rings. The number of rotatable bonds is 4. The van der Waals surface area contributed by atoms with Gasteiger partial charge < -0.3 is 5.32 Å². The van der Waals surface area contributed by atoms with Gasteiger partial charge in [0.15, 0.2) is 16.3 Å². The zero-order valence-corrected chi connectivity index (χ0v) is 12.2. The van der Waals surface area contributed by atoms with Crippen molar-refractivity contribution >= 4 is 69.4 Å². The summed E-state index contributed by atoms with van der Waals surface area (Å²) in [5, 5.41) is 0.529. The average molecular weight is 328 g/mol. The largest absolute Gasteiger partial charge is 0.330 e. The van der Waals surface area contributed by atoms with E-state index < -0.39 is 27.4 Å². The Kier molecular flexibility index (Phi) is 5.46. The number of nitrogens with one attached hydrogen (secondary N) is 1. The lowest BCUT2D eigenvalue weighted by molar-refractivity contribution is -0.122. The molecule has 1 fully saturated rings. The summed E-state index contributed by atoms with van der Waals surface area (Å²) in [5.74, 6) is -0.488. The van der Waals surface area contributed by atoms with Crippen molar-refractivity contribution in [3.8, 4) is 0 Å². The number of nitrogens with zero attached hydrogens (tertiary/aromatic N) is 1. The van der Waals surface area contributed by atoms with Crippen LogP contribution in [0.3, 0.4) is 0 Å². The van der Waals surface area contributed by atoms with E-state index in [4.69, 9.17) is 16.8 Å². The van der Waals surface area contributed by atoms with Crippen LogP contribution in [0.2, 0.25) is 6.32 Å². The van der Waals surface area contributed by atoms with Gasteiger partial charge in [0.05, 0.1) is 5.75 Å². The first-order valence-corrected chi connectivity index (χ1v) is 8.17. The number of thiol groups is 1. The number of thioether (sulfide) groups is 1. The topological polar surface area (TPSA) is 104 Å². The molecular formula is C6H9BN2O5S4. The van der Waals surface area contributed by atoms with Gasteiger partial charge in [-0.15, -0.1) is 0 Å². The second-order valence-corrected chi connectivity index (χ2v) is 6.90. The summed E-state index contributed by atoms with van der Waals surface area (Å²) < 4.78 is 31.0. The molecule has 0 bridgehead atoms. The number of imide groups is 1. The van der Waals surface area contributed by atoms with Crippen molar-refractivity contribution in [2.24, 2.45) is 0 Å². The van der Waals surface area contributed by atoms with Crippen LogP contribution in [0.4, 0.5) is 4.79 Å². The van der Waals surface area contributed by atoms with Crippen LogP contribution in [-0.2, 0) is 14.9 Å². The Hall–Kier alpha value is -0.295. The number of amides is 3.